The molecule has 0 bridgehead atoms. The smallest absolute Gasteiger partial charge is 0.272 e. The number of aromatic nitrogens is 3. The maximum atomic E-state index is 13.1. The number of nitrogens with zero attached hydrogens (tertiary/aromatic N) is 5. The summed E-state index contributed by atoms with van der Waals surface area (Å²) >= 11 is 0. The van der Waals surface area contributed by atoms with Gasteiger partial charge in [0.2, 0.25) is 0 Å². The molecule has 4 heterocycles. The summed E-state index contributed by atoms with van der Waals surface area (Å²) in [6, 6.07) is 6.03. The highest BCUT2D eigenvalue weighted by Crippen LogP contribution is 2.34. The summed E-state index contributed by atoms with van der Waals surface area (Å²) < 4.78 is 7.41. The van der Waals surface area contributed by atoms with Crippen molar-refractivity contribution in [3.05, 3.63) is 48.0 Å². The Hall–Kier alpha value is -2.25. The summed E-state index contributed by atoms with van der Waals surface area (Å²) in [5.41, 5.74) is 1.84. The van der Waals surface area contributed by atoms with E-state index in [1.54, 1.807) is 30.3 Å². The molecule has 2 fully saturated rings. The average molecular weight is 355 g/mol. The van der Waals surface area contributed by atoms with Gasteiger partial charge in [0, 0.05) is 64.8 Å². The van der Waals surface area contributed by atoms with Crippen molar-refractivity contribution in [2.24, 2.45) is 13.0 Å². The Kier molecular flexibility index (Phi) is 4.74. The molecule has 4 rings (SSSR count). The second-order valence-electron chi connectivity index (χ2n) is 7.19. The highest BCUT2D eigenvalue weighted by Gasteiger charge is 2.46. The fourth-order valence-corrected chi connectivity index (χ4v) is 4.39. The molecule has 0 saturated carbocycles. The standard InChI is InChI=1S/C19H25N5O2/c1-22-16(5-8-21-22)19(25)24-9-6-18(26-2)15-12-23(13-17(15)24)11-14-4-3-7-20-10-14/h3-5,7-8,10,15,17-18H,6,9,11-13H2,1-2H3/t15-,17+,18+/m0/s1. The fourth-order valence-electron chi connectivity index (χ4n) is 4.39. The molecule has 3 atom stereocenters. The molecule has 7 nitrogen and oxygen atoms in total. The lowest BCUT2D eigenvalue weighted by Gasteiger charge is -2.41. The summed E-state index contributed by atoms with van der Waals surface area (Å²) in [5.74, 6) is 0.403. The molecule has 0 radical (unpaired) electrons. The van der Waals surface area contributed by atoms with E-state index in [-0.39, 0.29) is 18.1 Å². The Morgan fingerprint density at radius 1 is 1.31 bits per heavy atom. The summed E-state index contributed by atoms with van der Waals surface area (Å²) in [5, 5.41) is 4.15. The van der Waals surface area contributed by atoms with Crippen LogP contribution in [0.2, 0.25) is 0 Å². The van der Waals surface area contributed by atoms with Gasteiger partial charge in [0.25, 0.3) is 5.91 Å². The Morgan fingerprint density at radius 3 is 2.88 bits per heavy atom. The lowest BCUT2D eigenvalue weighted by atomic mass is 9.88. The third-order valence-electron chi connectivity index (χ3n) is 5.67. The molecule has 0 aromatic carbocycles. The first-order valence-electron chi connectivity index (χ1n) is 9.10. The zero-order chi connectivity index (χ0) is 18.1. The fraction of sp³-hybridized carbons (Fsp3) is 0.526. The number of carbonyl (C=O) groups excluding carboxylic acids is 1. The number of carbonyl (C=O) groups is 1. The molecular weight excluding hydrogens is 330 g/mol. The Balaban J connectivity index is 1.54. The lowest BCUT2D eigenvalue weighted by Crippen LogP contribution is -2.53. The molecule has 2 aliphatic rings. The van der Waals surface area contributed by atoms with Crippen LogP contribution in [0, 0.1) is 5.92 Å². The maximum Gasteiger partial charge on any atom is 0.272 e. The van der Waals surface area contributed by atoms with Crippen molar-refractivity contribution in [3.63, 3.8) is 0 Å². The number of aryl methyl sites for hydroxylation is 1. The third kappa shape index (κ3) is 3.12. The van der Waals surface area contributed by atoms with E-state index in [1.807, 2.05) is 24.2 Å². The van der Waals surface area contributed by atoms with E-state index in [1.165, 1.54) is 5.56 Å². The largest absolute Gasteiger partial charge is 0.381 e. The molecule has 2 saturated heterocycles. The molecule has 0 unspecified atom stereocenters. The highest BCUT2D eigenvalue weighted by atomic mass is 16.5. The van der Waals surface area contributed by atoms with E-state index in [0.717, 1.165) is 32.6 Å². The average Bonchev–Trinajstić information content (AvgIpc) is 3.27. The van der Waals surface area contributed by atoms with Gasteiger partial charge in [0.05, 0.1) is 12.1 Å². The van der Waals surface area contributed by atoms with Crippen molar-refractivity contribution in [3.8, 4) is 0 Å². The minimum atomic E-state index is 0.0674. The normalized spacial score (nSPS) is 26.1. The first-order chi connectivity index (χ1) is 12.7. The van der Waals surface area contributed by atoms with Crippen molar-refractivity contribution < 1.29 is 9.53 Å². The van der Waals surface area contributed by atoms with E-state index in [0.29, 0.717) is 11.6 Å². The van der Waals surface area contributed by atoms with Crippen LogP contribution in [0.5, 0.6) is 0 Å². The summed E-state index contributed by atoms with van der Waals surface area (Å²) in [6.45, 7) is 3.38. The number of piperidine rings is 1. The topological polar surface area (TPSA) is 63.5 Å². The van der Waals surface area contributed by atoms with Crippen LogP contribution in [-0.2, 0) is 18.3 Å². The van der Waals surface area contributed by atoms with Gasteiger partial charge < -0.3 is 9.64 Å². The number of ether oxygens (including phenoxy) is 1. The Bertz CT molecular complexity index is 762. The predicted molar refractivity (Wildman–Crippen MR) is 96.5 cm³/mol. The maximum absolute atomic E-state index is 13.1. The summed E-state index contributed by atoms with van der Waals surface area (Å²) in [4.78, 5) is 21.7. The van der Waals surface area contributed by atoms with Crippen LogP contribution in [0.4, 0.5) is 0 Å². The van der Waals surface area contributed by atoms with Crippen molar-refractivity contribution in [1.29, 1.82) is 0 Å². The van der Waals surface area contributed by atoms with Gasteiger partial charge in [-0.15, -0.1) is 0 Å². The van der Waals surface area contributed by atoms with Gasteiger partial charge in [0.1, 0.15) is 5.69 Å². The van der Waals surface area contributed by atoms with Crippen LogP contribution < -0.4 is 0 Å². The Labute approximate surface area is 153 Å². The quantitative estimate of drug-likeness (QED) is 0.824. The number of rotatable bonds is 4. The molecule has 1 amide bonds. The van der Waals surface area contributed by atoms with Crippen molar-refractivity contribution in [2.45, 2.75) is 25.1 Å². The second-order valence-corrected chi connectivity index (χ2v) is 7.19. The van der Waals surface area contributed by atoms with E-state index >= 15 is 0 Å². The zero-order valence-electron chi connectivity index (χ0n) is 15.3. The molecule has 0 aliphatic carbocycles. The minimum Gasteiger partial charge on any atom is -0.381 e. The third-order valence-corrected chi connectivity index (χ3v) is 5.67. The van der Waals surface area contributed by atoms with Gasteiger partial charge in [-0.2, -0.15) is 5.10 Å². The Morgan fingerprint density at radius 2 is 2.19 bits per heavy atom. The molecule has 26 heavy (non-hydrogen) atoms. The van der Waals surface area contributed by atoms with Crippen LogP contribution in [-0.4, -0.2) is 69.4 Å². The van der Waals surface area contributed by atoms with Gasteiger partial charge >= 0.3 is 0 Å². The summed E-state index contributed by atoms with van der Waals surface area (Å²) in [7, 11) is 3.60. The number of pyridine rings is 1. The van der Waals surface area contributed by atoms with E-state index in [9.17, 15) is 4.79 Å². The van der Waals surface area contributed by atoms with Crippen LogP contribution in [0.3, 0.4) is 0 Å². The van der Waals surface area contributed by atoms with Crippen molar-refractivity contribution in [2.75, 3.05) is 26.7 Å². The van der Waals surface area contributed by atoms with E-state index in [2.05, 4.69) is 21.0 Å². The first-order valence-corrected chi connectivity index (χ1v) is 9.10. The summed E-state index contributed by atoms with van der Waals surface area (Å²) in [6.07, 6.45) is 6.46. The van der Waals surface area contributed by atoms with Crippen LogP contribution in [0.15, 0.2) is 36.8 Å². The van der Waals surface area contributed by atoms with Gasteiger partial charge in [-0.25, -0.2) is 0 Å². The molecule has 7 heteroatoms. The van der Waals surface area contributed by atoms with Crippen molar-refractivity contribution >= 4 is 5.91 Å². The van der Waals surface area contributed by atoms with Gasteiger partial charge in [-0.3, -0.25) is 19.4 Å². The number of likely N-dealkylation sites (tertiary alicyclic amines) is 2. The SMILES string of the molecule is CO[C@@H]1CCN(C(=O)c2ccnn2C)[C@@H]2CN(Cc3cccnc3)C[C@@H]21. The van der Waals surface area contributed by atoms with Gasteiger partial charge in [0.15, 0.2) is 0 Å². The van der Waals surface area contributed by atoms with Crippen LogP contribution >= 0.6 is 0 Å². The number of amides is 1. The number of methoxy groups -OCH3 is 1. The van der Waals surface area contributed by atoms with Crippen LogP contribution in [0.1, 0.15) is 22.5 Å². The number of hydrogen-bond donors (Lipinski definition) is 0. The minimum absolute atomic E-state index is 0.0674. The zero-order valence-corrected chi connectivity index (χ0v) is 15.3. The molecule has 2 aromatic rings. The van der Waals surface area contributed by atoms with Crippen LogP contribution in [0.25, 0.3) is 0 Å². The highest BCUT2D eigenvalue weighted by molar-refractivity contribution is 5.92. The predicted octanol–water partition coefficient (Wildman–Crippen LogP) is 1.18. The molecule has 138 valence electrons. The monoisotopic (exact) mass is 355 g/mol. The van der Waals surface area contributed by atoms with E-state index in [4.69, 9.17) is 4.74 Å². The second kappa shape index (κ2) is 7.17. The molecule has 2 aliphatic heterocycles. The van der Waals surface area contributed by atoms with Gasteiger partial charge in [-0.1, -0.05) is 6.07 Å². The molecule has 0 spiro atoms. The van der Waals surface area contributed by atoms with E-state index < -0.39 is 0 Å². The number of fused-ring (bicyclic) bond motifs is 1. The van der Waals surface area contributed by atoms with Crippen molar-refractivity contribution in [1.82, 2.24) is 24.6 Å². The first kappa shape index (κ1) is 17.2. The molecule has 2 aromatic heterocycles. The number of hydrogen-bond acceptors (Lipinski definition) is 5. The van der Waals surface area contributed by atoms with Gasteiger partial charge in [-0.05, 0) is 24.1 Å². The lowest BCUT2D eigenvalue weighted by molar-refractivity contribution is -0.0160. The molecular formula is C19H25N5O2. The molecule has 0 N–H and O–H groups in total.